The molecule has 21 heavy (non-hydrogen) atoms. The number of hydrogen-bond donors (Lipinski definition) is 1. The molecule has 3 nitrogen and oxygen atoms in total. The number of halogens is 4. The molecule has 0 amide bonds. The Kier molecular flexibility index (Phi) is 4.62. The number of aromatic nitrogens is 1. The van der Waals surface area contributed by atoms with Gasteiger partial charge in [0, 0.05) is 6.54 Å². The van der Waals surface area contributed by atoms with Crippen LogP contribution in [-0.2, 0) is 12.7 Å². The van der Waals surface area contributed by atoms with Crippen molar-refractivity contribution >= 4 is 0 Å². The van der Waals surface area contributed by atoms with Gasteiger partial charge in [-0.25, -0.2) is 9.37 Å². The van der Waals surface area contributed by atoms with Gasteiger partial charge in [-0.1, -0.05) is 13.0 Å². The maximum Gasteiger partial charge on any atom is 0.419 e. The molecule has 0 aliphatic rings. The first kappa shape index (κ1) is 15.5. The van der Waals surface area contributed by atoms with E-state index in [9.17, 15) is 17.6 Å². The van der Waals surface area contributed by atoms with Gasteiger partial charge >= 0.3 is 6.18 Å². The van der Waals surface area contributed by atoms with Crippen molar-refractivity contribution in [1.29, 1.82) is 0 Å². The molecule has 0 spiro atoms. The van der Waals surface area contributed by atoms with Crippen molar-refractivity contribution in [3.63, 3.8) is 0 Å². The Hall–Kier alpha value is -1.89. The lowest BCUT2D eigenvalue weighted by Gasteiger charge is -2.10. The van der Waals surface area contributed by atoms with Gasteiger partial charge in [-0.2, -0.15) is 13.2 Å². The fraction of sp³-hybridized carbons (Fsp3) is 0.357. The number of alkyl halides is 3. The Balaban J connectivity index is 2.37. The van der Waals surface area contributed by atoms with Crippen LogP contribution in [0.3, 0.4) is 0 Å². The minimum absolute atomic E-state index is 0.0159. The summed E-state index contributed by atoms with van der Waals surface area (Å²) in [5.41, 5.74) is -1.18. The molecule has 0 aliphatic heterocycles. The average molecular weight is 302 g/mol. The minimum Gasteiger partial charge on any atom is -0.443 e. The summed E-state index contributed by atoms with van der Waals surface area (Å²) in [4.78, 5) is 3.92. The summed E-state index contributed by atoms with van der Waals surface area (Å²) in [6, 6.07) is 3.09. The number of benzene rings is 1. The summed E-state index contributed by atoms with van der Waals surface area (Å²) in [6.07, 6.45) is -2.76. The zero-order valence-electron chi connectivity index (χ0n) is 11.3. The molecular weight excluding hydrogens is 288 g/mol. The lowest BCUT2D eigenvalue weighted by molar-refractivity contribution is -0.139. The molecule has 1 aromatic carbocycles. The first-order valence-electron chi connectivity index (χ1n) is 6.44. The van der Waals surface area contributed by atoms with Crippen LogP contribution in [0.25, 0.3) is 11.3 Å². The van der Waals surface area contributed by atoms with E-state index in [-0.39, 0.29) is 11.3 Å². The van der Waals surface area contributed by atoms with Crippen molar-refractivity contribution in [2.24, 2.45) is 0 Å². The van der Waals surface area contributed by atoms with Crippen molar-refractivity contribution in [2.45, 2.75) is 26.1 Å². The number of nitrogens with one attached hydrogen (secondary N) is 1. The van der Waals surface area contributed by atoms with E-state index in [0.717, 1.165) is 25.4 Å². The van der Waals surface area contributed by atoms with E-state index in [4.69, 9.17) is 4.42 Å². The molecule has 2 aromatic rings. The number of oxazole rings is 1. The van der Waals surface area contributed by atoms with Gasteiger partial charge in [0.15, 0.2) is 12.2 Å². The minimum atomic E-state index is -4.75. The highest BCUT2D eigenvalue weighted by atomic mass is 19.4. The summed E-state index contributed by atoms with van der Waals surface area (Å²) in [6.45, 7) is 3.00. The first-order valence-corrected chi connectivity index (χ1v) is 6.44. The second kappa shape index (κ2) is 6.26. The fourth-order valence-corrected chi connectivity index (χ4v) is 1.92. The average Bonchev–Trinajstić information content (AvgIpc) is 2.86. The maximum absolute atomic E-state index is 14.1. The van der Waals surface area contributed by atoms with Crippen LogP contribution in [0.1, 0.15) is 24.6 Å². The molecule has 1 N–H and O–H groups in total. The van der Waals surface area contributed by atoms with E-state index < -0.39 is 17.6 Å². The number of nitrogens with zero attached hydrogens (tertiary/aromatic N) is 1. The number of rotatable bonds is 5. The molecule has 0 radical (unpaired) electrons. The van der Waals surface area contributed by atoms with Crippen LogP contribution >= 0.6 is 0 Å². The molecule has 0 fully saturated rings. The highest BCUT2D eigenvalue weighted by Crippen LogP contribution is 2.36. The molecule has 0 aliphatic carbocycles. The smallest absolute Gasteiger partial charge is 0.419 e. The first-order chi connectivity index (χ1) is 9.95. The Morgan fingerprint density at radius 1 is 1.29 bits per heavy atom. The van der Waals surface area contributed by atoms with Crippen molar-refractivity contribution in [3.8, 4) is 11.3 Å². The van der Waals surface area contributed by atoms with Gasteiger partial charge in [-0.15, -0.1) is 0 Å². The lowest BCUT2D eigenvalue weighted by atomic mass is 10.1. The topological polar surface area (TPSA) is 38.1 Å². The van der Waals surface area contributed by atoms with E-state index in [1.807, 2.05) is 6.92 Å². The Labute approximate surface area is 119 Å². The molecule has 0 saturated carbocycles. The zero-order chi connectivity index (χ0) is 15.5. The van der Waals surface area contributed by atoms with Crippen molar-refractivity contribution in [3.05, 3.63) is 41.7 Å². The van der Waals surface area contributed by atoms with Crippen LogP contribution < -0.4 is 5.32 Å². The molecule has 114 valence electrons. The van der Waals surface area contributed by atoms with Crippen molar-refractivity contribution < 1.29 is 22.0 Å². The monoisotopic (exact) mass is 302 g/mol. The van der Waals surface area contributed by atoms with E-state index >= 15 is 0 Å². The molecule has 1 aromatic heterocycles. The molecule has 7 heteroatoms. The quantitative estimate of drug-likeness (QED) is 0.670. The summed E-state index contributed by atoms with van der Waals surface area (Å²) >= 11 is 0. The van der Waals surface area contributed by atoms with Gasteiger partial charge in [0.05, 0.1) is 11.1 Å². The summed E-state index contributed by atoms with van der Waals surface area (Å²) < 4.78 is 57.3. The number of hydrogen-bond acceptors (Lipinski definition) is 3. The fourth-order valence-electron chi connectivity index (χ4n) is 1.92. The molecule has 1 heterocycles. The second-order valence-corrected chi connectivity index (χ2v) is 4.47. The third kappa shape index (κ3) is 3.41. The summed E-state index contributed by atoms with van der Waals surface area (Å²) in [5.74, 6) is -1.33. The van der Waals surface area contributed by atoms with E-state index in [1.165, 1.54) is 6.07 Å². The molecule has 0 unspecified atom stereocenters. The molecule has 2 rings (SSSR count). The molecule has 0 atom stereocenters. The van der Waals surface area contributed by atoms with Crippen LogP contribution in [0.2, 0.25) is 0 Å². The van der Waals surface area contributed by atoms with Crippen LogP contribution in [0.15, 0.2) is 29.0 Å². The highest BCUT2D eigenvalue weighted by Gasteiger charge is 2.35. The Morgan fingerprint density at radius 2 is 2.05 bits per heavy atom. The van der Waals surface area contributed by atoms with Gasteiger partial charge < -0.3 is 9.73 Å². The Morgan fingerprint density at radius 3 is 2.71 bits per heavy atom. The standard InChI is InChI=1S/C14H14F4N2O/c1-2-6-19-7-11-13(21-8-20-11)9-4-3-5-10(12(9)15)14(16,17)18/h3-5,8,19H,2,6-7H2,1H3. The normalized spacial score (nSPS) is 11.9. The summed E-state index contributed by atoms with van der Waals surface area (Å²) in [5, 5.41) is 3.04. The van der Waals surface area contributed by atoms with E-state index in [2.05, 4.69) is 10.3 Å². The van der Waals surface area contributed by atoms with Gasteiger partial charge in [-0.3, -0.25) is 0 Å². The van der Waals surface area contributed by atoms with Crippen molar-refractivity contribution in [2.75, 3.05) is 6.54 Å². The van der Waals surface area contributed by atoms with Crippen LogP contribution in [0, 0.1) is 5.82 Å². The van der Waals surface area contributed by atoms with Crippen LogP contribution in [-0.4, -0.2) is 11.5 Å². The van der Waals surface area contributed by atoms with Crippen LogP contribution in [0.4, 0.5) is 17.6 Å². The van der Waals surface area contributed by atoms with E-state index in [0.29, 0.717) is 18.3 Å². The Bertz CT molecular complexity index is 607. The molecule has 0 saturated heterocycles. The predicted octanol–water partition coefficient (Wildman–Crippen LogP) is 4.00. The third-order valence-corrected chi connectivity index (χ3v) is 2.91. The van der Waals surface area contributed by atoms with Gasteiger partial charge in [-0.05, 0) is 25.1 Å². The van der Waals surface area contributed by atoms with Gasteiger partial charge in [0.2, 0.25) is 0 Å². The molecule has 0 bridgehead atoms. The lowest BCUT2D eigenvalue weighted by Crippen LogP contribution is -2.15. The molecular formula is C14H14F4N2O. The highest BCUT2D eigenvalue weighted by molar-refractivity contribution is 5.62. The second-order valence-electron chi connectivity index (χ2n) is 4.47. The van der Waals surface area contributed by atoms with E-state index in [1.54, 1.807) is 0 Å². The largest absolute Gasteiger partial charge is 0.443 e. The van der Waals surface area contributed by atoms with Gasteiger partial charge in [0.25, 0.3) is 0 Å². The third-order valence-electron chi connectivity index (χ3n) is 2.91. The summed E-state index contributed by atoms with van der Waals surface area (Å²) in [7, 11) is 0. The maximum atomic E-state index is 14.1. The predicted molar refractivity (Wildman–Crippen MR) is 68.9 cm³/mol. The zero-order valence-corrected chi connectivity index (χ0v) is 11.3. The van der Waals surface area contributed by atoms with Crippen LogP contribution in [0.5, 0.6) is 0 Å². The SMILES string of the molecule is CCCNCc1ncoc1-c1cccc(C(F)(F)F)c1F. The van der Waals surface area contributed by atoms with Gasteiger partial charge in [0.1, 0.15) is 11.5 Å². The van der Waals surface area contributed by atoms with Crippen molar-refractivity contribution in [1.82, 2.24) is 10.3 Å².